The molecule has 1 heterocycles. The van der Waals surface area contributed by atoms with Crippen molar-refractivity contribution >= 4 is 5.82 Å². The van der Waals surface area contributed by atoms with Crippen LogP contribution in [0.3, 0.4) is 0 Å². The molecule has 4 nitrogen and oxygen atoms in total. The molecule has 0 bridgehead atoms. The smallest absolute Gasteiger partial charge is 0.131 e. The predicted octanol–water partition coefficient (Wildman–Crippen LogP) is 1.63. The van der Waals surface area contributed by atoms with Crippen molar-refractivity contribution in [2.45, 2.75) is 26.7 Å². The van der Waals surface area contributed by atoms with E-state index < -0.39 is 0 Å². The highest BCUT2D eigenvalue weighted by Gasteiger charge is 2.09. The summed E-state index contributed by atoms with van der Waals surface area (Å²) in [5.74, 6) is 1.88. The van der Waals surface area contributed by atoms with Gasteiger partial charge in [-0.15, -0.1) is 0 Å². The van der Waals surface area contributed by atoms with Gasteiger partial charge < -0.3 is 10.6 Å². The summed E-state index contributed by atoms with van der Waals surface area (Å²) in [6.45, 7) is 8.03. The third-order valence-corrected chi connectivity index (χ3v) is 2.64. The van der Waals surface area contributed by atoms with Gasteiger partial charge in [0.15, 0.2) is 0 Å². The zero-order valence-corrected chi connectivity index (χ0v) is 10.6. The number of nitrogens with zero attached hydrogens (tertiary/aromatic N) is 3. The van der Waals surface area contributed by atoms with Crippen molar-refractivity contribution in [2.75, 3.05) is 25.0 Å². The summed E-state index contributed by atoms with van der Waals surface area (Å²) < 4.78 is 0. The summed E-state index contributed by atoms with van der Waals surface area (Å²) >= 11 is 0. The molecule has 1 aromatic heterocycles. The molecule has 0 saturated heterocycles. The van der Waals surface area contributed by atoms with E-state index in [-0.39, 0.29) is 0 Å². The quantitative estimate of drug-likeness (QED) is 0.822. The summed E-state index contributed by atoms with van der Waals surface area (Å²) in [6, 6.07) is 2.05. The maximum Gasteiger partial charge on any atom is 0.131 e. The zero-order valence-electron chi connectivity index (χ0n) is 10.6. The van der Waals surface area contributed by atoms with Gasteiger partial charge in [-0.05, 0) is 18.4 Å². The van der Waals surface area contributed by atoms with E-state index in [9.17, 15) is 0 Å². The van der Waals surface area contributed by atoms with E-state index in [1.165, 1.54) is 0 Å². The van der Waals surface area contributed by atoms with Crippen LogP contribution in [0.2, 0.25) is 0 Å². The van der Waals surface area contributed by atoms with Crippen molar-refractivity contribution in [3.8, 4) is 0 Å². The van der Waals surface area contributed by atoms with E-state index in [1.807, 2.05) is 13.1 Å². The molecule has 1 atom stereocenters. The largest absolute Gasteiger partial charge is 0.359 e. The van der Waals surface area contributed by atoms with Gasteiger partial charge in [-0.1, -0.05) is 20.8 Å². The molecule has 0 amide bonds. The lowest BCUT2D eigenvalue weighted by Gasteiger charge is -2.22. The Kier molecular flexibility index (Phi) is 4.68. The van der Waals surface area contributed by atoms with Crippen LogP contribution >= 0.6 is 0 Å². The Morgan fingerprint density at radius 3 is 2.56 bits per heavy atom. The van der Waals surface area contributed by atoms with E-state index in [1.54, 1.807) is 6.33 Å². The Hall–Kier alpha value is -1.16. The van der Waals surface area contributed by atoms with E-state index >= 15 is 0 Å². The topological polar surface area (TPSA) is 55.0 Å². The molecule has 0 aliphatic heterocycles. The second kappa shape index (κ2) is 5.80. The fourth-order valence-electron chi connectivity index (χ4n) is 1.52. The van der Waals surface area contributed by atoms with Gasteiger partial charge in [-0.2, -0.15) is 0 Å². The molecule has 90 valence electrons. The Morgan fingerprint density at radius 1 is 1.31 bits per heavy atom. The molecular weight excluding hydrogens is 200 g/mol. The first kappa shape index (κ1) is 12.9. The lowest BCUT2D eigenvalue weighted by molar-refractivity contribution is 0.587. The molecule has 0 fully saturated rings. The summed E-state index contributed by atoms with van der Waals surface area (Å²) in [7, 11) is 2.04. The third-order valence-electron chi connectivity index (χ3n) is 2.64. The maximum atomic E-state index is 5.62. The van der Waals surface area contributed by atoms with E-state index in [0.29, 0.717) is 18.4 Å². The SMILES string of the molecule is CC(CN)CN(C)c1cc(C(C)C)ncn1. The van der Waals surface area contributed by atoms with Gasteiger partial charge >= 0.3 is 0 Å². The van der Waals surface area contributed by atoms with Gasteiger partial charge in [0.1, 0.15) is 12.1 Å². The Balaban J connectivity index is 2.75. The minimum absolute atomic E-state index is 0.432. The summed E-state index contributed by atoms with van der Waals surface area (Å²) in [5, 5.41) is 0. The van der Waals surface area contributed by atoms with Crippen LogP contribution in [-0.4, -0.2) is 30.1 Å². The van der Waals surface area contributed by atoms with Crippen LogP contribution in [-0.2, 0) is 0 Å². The highest BCUT2D eigenvalue weighted by molar-refractivity contribution is 5.38. The Bertz CT molecular complexity index is 325. The van der Waals surface area contributed by atoms with Crippen LogP contribution < -0.4 is 10.6 Å². The number of hydrogen-bond donors (Lipinski definition) is 1. The van der Waals surface area contributed by atoms with Crippen LogP contribution in [0.5, 0.6) is 0 Å². The molecule has 16 heavy (non-hydrogen) atoms. The number of rotatable bonds is 5. The minimum Gasteiger partial charge on any atom is -0.359 e. The van der Waals surface area contributed by atoms with Crippen molar-refractivity contribution in [1.82, 2.24) is 9.97 Å². The van der Waals surface area contributed by atoms with Crippen LogP contribution in [0.4, 0.5) is 5.82 Å². The van der Waals surface area contributed by atoms with Crippen molar-refractivity contribution in [3.05, 3.63) is 18.1 Å². The molecule has 1 aromatic rings. The molecule has 0 saturated carbocycles. The highest BCUT2D eigenvalue weighted by atomic mass is 15.2. The van der Waals surface area contributed by atoms with Crippen molar-refractivity contribution < 1.29 is 0 Å². The van der Waals surface area contributed by atoms with Crippen LogP contribution in [0.1, 0.15) is 32.4 Å². The molecule has 1 rings (SSSR count). The minimum atomic E-state index is 0.432. The van der Waals surface area contributed by atoms with Crippen LogP contribution in [0.25, 0.3) is 0 Å². The Morgan fingerprint density at radius 2 is 2.00 bits per heavy atom. The number of anilines is 1. The molecule has 0 aliphatic carbocycles. The van der Waals surface area contributed by atoms with Crippen LogP contribution in [0, 0.1) is 5.92 Å². The average Bonchev–Trinajstić information content (AvgIpc) is 2.28. The molecule has 0 aliphatic rings. The first-order valence-corrected chi connectivity index (χ1v) is 5.77. The number of nitrogens with two attached hydrogens (primary N) is 1. The van der Waals surface area contributed by atoms with Gasteiger partial charge in [-0.25, -0.2) is 9.97 Å². The number of hydrogen-bond acceptors (Lipinski definition) is 4. The molecular formula is C12H22N4. The van der Waals surface area contributed by atoms with E-state index in [4.69, 9.17) is 5.73 Å². The summed E-state index contributed by atoms with van der Waals surface area (Å²) in [4.78, 5) is 10.7. The van der Waals surface area contributed by atoms with Gasteiger partial charge in [0.05, 0.1) is 0 Å². The second-order valence-electron chi connectivity index (χ2n) is 4.68. The van der Waals surface area contributed by atoms with Crippen molar-refractivity contribution in [1.29, 1.82) is 0 Å². The van der Waals surface area contributed by atoms with E-state index in [2.05, 4.69) is 35.6 Å². The second-order valence-corrected chi connectivity index (χ2v) is 4.68. The lowest BCUT2D eigenvalue weighted by atomic mass is 10.1. The molecule has 0 aromatic carbocycles. The van der Waals surface area contributed by atoms with Gasteiger partial charge in [0.25, 0.3) is 0 Å². The van der Waals surface area contributed by atoms with Gasteiger partial charge in [0, 0.05) is 25.4 Å². The van der Waals surface area contributed by atoms with E-state index in [0.717, 1.165) is 18.1 Å². The fraction of sp³-hybridized carbons (Fsp3) is 0.667. The molecule has 2 N–H and O–H groups in total. The average molecular weight is 222 g/mol. The van der Waals surface area contributed by atoms with Crippen LogP contribution in [0.15, 0.2) is 12.4 Å². The standard InChI is InChI=1S/C12H22N4/c1-9(2)11-5-12(15-8-14-11)16(4)7-10(3)6-13/h5,8-10H,6-7,13H2,1-4H3. The normalized spacial score (nSPS) is 12.9. The molecule has 0 radical (unpaired) electrons. The zero-order chi connectivity index (χ0) is 12.1. The first-order chi connectivity index (χ1) is 7.54. The molecule has 4 heteroatoms. The van der Waals surface area contributed by atoms with Crippen molar-refractivity contribution in [3.63, 3.8) is 0 Å². The predicted molar refractivity (Wildman–Crippen MR) is 67.6 cm³/mol. The highest BCUT2D eigenvalue weighted by Crippen LogP contribution is 2.16. The fourth-order valence-corrected chi connectivity index (χ4v) is 1.52. The van der Waals surface area contributed by atoms with Crippen molar-refractivity contribution in [2.24, 2.45) is 11.7 Å². The number of aromatic nitrogens is 2. The molecule has 1 unspecified atom stereocenters. The lowest BCUT2D eigenvalue weighted by Crippen LogP contribution is -2.28. The summed E-state index contributed by atoms with van der Waals surface area (Å²) in [6.07, 6.45) is 1.63. The third kappa shape index (κ3) is 3.45. The summed E-state index contributed by atoms with van der Waals surface area (Å²) in [5.41, 5.74) is 6.70. The van der Waals surface area contributed by atoms with Gasteiger partial charge in [0.2, 0.25) is 0 Å². The maximum absolute atomic E-state index is 5.62. The Labute approximate surface area is 97.9 Å². The van der Waals surface area contributed by atoms with Gasteiger partial charge in [-0.3, -0.25) is 0 Å². The molecule has 0 spiro atoms. The first-order valence-electron chi connectivity index (χ1n) is 5.77. The monoisotopic (exact) mass is 222 g/mol.